The number of anilines is 1. The van der Waals surface area contributed by atoms with E-state index in [4.69, 9.17) is 4.42 Å². The minimum atomic E-state index is -0.891. The lowest BCUT2D eigenvalue weighted by Gasteiger charge is -2.27. The van der Waals surface area contributed by atoms with E-state index in [0.29, 0.717) is 17.0 Å². The van der Waals surface area contributed by atoms with Gasteiger partial charge in [0.15, 0.2) is 11.5 Å². The van der Waals surface area contributed by atoms with Gasteiger partial charge in [-0.1, -0.05) is 40.2 Å². The fraction of sp³-hybridized carbons (Fsp3) is 0.0800. The summed E-state index contributed by atoms with van der Waals surface area (Å²) < 4.78 is 6.61. The van der Waals surface area contributed by atoms with Crippen LogP contribution in [0.1, 0.15) is 27.9 Å². The zero-order valence-corrected chi connectivity index (χ0v) is 18.5. The van der Waals surface area contributed by atoms with Crippen LogP contribution >= 0.6 is 15.9 Å². The van der Waals surface area contributed by atoms with Crippen LogP contribution in [0.2, 0.25) is 0 Å². The first-order valence-corrected chi connectivity index (χ1v) is 10.7. The maximum atomic E-state index is 13.6. The second-order valence-corrected chi connectivity index (χ2v) is 8.42. The molecule has 5 rings (SSSR count). The van der Waals surface area contributed by atoms with Gasteiger partial charge in [0.1, 0.15) is 11.6 Å². The number of Topliss-reactive ketones (excluding diaryl/α,β-unsaturated/α-hetero) is 1. The van der Waals surface area contributed by atoms with E-state index in [9.17, 15) is 14.7 Å². The van der Waals surface area contributed by atoms with E-state index in [0.717, 1.165) is 15.4 Å². The van der Waals surface area contributed by atoms with Crippen molar-refractivity contribution in [1.29, 1.82) is 0 Å². The van der Waals surface area contributed by atoms with Gasteiger partial charge in [0.25, 0.3) is 5.91 Å². The number of hydrogen-bond acceptors (Lipinski definition) is 5. The highest BCUT2D eigenvalue weighted by Crippen LogP contribution is 2.42. The molecule has 1 N–H and O–H groups in total. The third kappa shape index (κ3) is 3.22. The topological polar surface area (TPSA) is 83.6 Å². The summed E-state index contributed by atoms with van der Waals surface area (Å²) in [6, 6.07) is 18.7. The van der Waals surface area contributed by atoms with Crippen LogP contribution in [0.3, 0.4) is 0 Å². The van der Waals surface area contributed by atoms with Crippen LogP contribution in [0.4, 0.5) is 5.69 Å². The van der Waals surface area contributed by atoms with Gasteiger partial charge in [-0.3, -0.25) is 19.5 Å². The fourth-order valence-electron chi connectivity index (χ4n) is 4.00. The third-order valence-electron chi connectivity index (χ3n) is 5.50. The zero-order valence-electron chi connectivity index (χ0n) is 16.9. The van der Waals surface area contributed by atoms with Crippen molar-refractivity contribution in [1.82, 2.24) is 4.98 Å². The van der Waals surface area contributed by atoms with Gasteiger partial charge in [-0.05, 0) is 55.0 Å². The highest BCUT2D eigenvalue weighted by molar-refractivity contribution is 9.10. The summed E-state index contributed by atoms with van der Waals surface area (Å²) in [5.41, 5.74) is 2.37. The number of carbonyl (C=O) groups is 2. The Balaban J connectivity index is 1.67. The van der Waals surface area contributed by atoms with Crippen molar-refractivity contribution in [3.8, 4) is 0 Å². The molecule has 0 radical (unpaired) electrons. The minimum Gasteiger partial charge on any atom is -0.503 e. The molecule has 0 saturated heterocycles. The van der Waals surface area contributed by atoms with Gasteiger partial charge >= 0.3 is 0 Å². The number of pyridine rings is 1. The Hall–Kier alpha value is -3.71. The van der Waals surface area contributed by atoms with Crippen molar-refractivity contribution < 1.29 is 19.1 Å². The Labute approximate surface area is 191 Å². The number of para-hydroxylation sites is 1. The van der Waals surface area contributed by atoms with E-state index in [2.05, 4.69) is 20.9 Å². The number of fused-ring (bicyclic) bond motifs is 1. The van der Waals surface area contributed by atoms with Crippen molar-refractivity contribution in [2.45, 2.75) is 13.0 Å². The summed E-state index contributed by atoms with van der Waals surface area (Å²) in [5, 5.41) is 11.6. The molecular formula is C25H17BrN2O4. The van der Waals surface area contributed by atoms with Crippen LogP contribution in [-0.2, 0) is 4.79 Å². The molecule has 0 aliphatic carbocycles. The monoisotopic (exact) mass is 488 g/mol. The molecule has 1 aliphatic rings. The Bertz CT molecular complexity index is 1410. The quantitative estimate of drug-likeness (QED) is 0.373. The number of furan rings is 1. The number of halogens is 1. The normalized spacial score (nSPS) is 16.2. The largest absolute Gasteiger partial charge is 0.503 e. The first kappa shape index (κ1) is 20.2. The van der Waals surface area contributed by atoms with Crippen LogP contribution in [0, 0.1) is 6.92 Å². The van der Waals surface area contributed by atoms with E-state index in [-0.39, 0.29) is 11.3 Å². The minimum absolute atomic E-state index is 0.0417. The number of hydrogen-bond donors (Lipinski definition) is 1. The molecule has 1 aliphatic heterocycles. The molecule has 0 saturated carbocycles. The Morgan fingerprint density at radius 2 is 1.88 bits per heavy atom. The number of aliphatic hydroxyl groups is 1. The first-order valence-electron chi connectivity index (χ1n) is 9.93. The molecule has 0 bridgehead atoms. The van der Waals surface area contributed by atoms with Crippen molar-refractivity contribution in [3.63, 3.8) is 0 Å². The summed E-state index contributed by atoms with van der Waals surface area (Å²) in [6.45, 7) is 1.87. The highest BCUT2D eigenvalue weighted by atomic mass is 79.9. The maximum absolute atomic E-state index is 13.6. The van der Waals surface area contributed by atoms with Crippen LogP contribution < -0.4 is 4.90 Å². The number of carbonyl (C=O) groups excluding carboxylic acids is 2. The van der Waals surface area contributed by atoms with Crippen molar-refractivity contribution in [2.75, 3.05) is 4.90 Å². The van der Waals surface area contributed by atoms with Gasteiger partial charge in [0, 0.05) is 21.7 Å². The SMILES string of the molecule is Cc1ccccc1N1C(=O)C(O)=C(C(=O)c2cc3cc(Br)ccc3o2)C1c1ccccn1. The number of aliphatic hydroxyl groups excluding tert-OH is 1. The van der Waals surface area contributed by atoms with E-state index in [1.165, 1.54) is 4.90 Å². The zero-order chi connectivity index (χ0) is 22.4. The van der Waals surface area contributed by atoms with Gasteiger partial charge < -0.3 is 9.52 Å². The fourth-order valence-corrected chi connectivity index (χ4v) is 4.37. The Morgan fingerprint density at radius 3 is 2.62 bits per heavy atom. The second kappa shape index (κ2) is 7.76. The summed E-state index contributed by atoms with van der Waals surface area (Å²) in [6.07, 6.45) is 1.59. The molecule has 6 nitrogen and oxygen atoms in total. The van der Waals surface area contributed by atoms with Gasteiger partial charge in [-0.15, -0.1) is 0 Å². The number of nitrogens with zero attached hydrogens (tertiary/aromatic N) is 2. The van der Waals surface area contributed by atoms with Gasteiger partial charge in [0.2, 0.25) is 5.78 Å². The highest BCUT2D eigenvalue weighted by Gasteiger charge is 2.46. The van der Waals surface area contributed by atoms with Gasteiger partial charge in [-0.25, -0.2) is 0 Å². The molecule has 1 amide bonds. The smallest absolute Gasteiger partial charge is 0.294 e. The first-order chi connectivity index (χ1) is 15.5. The lowest BCUT2D eigenvalue weighted by atomic mass is 9.97. The Kier molecular flexibility index (Phi) is 4.90. The third-order valence-corrected chi connectivity index (χ3v) is 5.99. The van der Waals surface area contributed by atoms with Crippen LogP contribution in [0.5, 0.6) is 0 Å². The average molecular weight is 489 g/mol. The number of ketones is 1. The van der Waals surface area contributed by atoms with Crippen molar-refractivity contribution in [3.05, 3.63) is 106 Å². The second-order valence-electron chi connectivity index (χ2n) is 7.50. The number of benzene rings is 2. The molecule has 4 aromatic rings. The molecule has 7 heteroatoms. The molecule has 1 unspecified atom stereocenters. The molecular weight excluding hydrogens is 472 g/mol. The van der Waals surface area contributed by atoms with Gasteiger partial charge in [-0.2, -0.15) is 0 Å². The van der Waals surface area contributed by atoms with E-state index in [1.54, 1.807) is 48.7 Å². The van der Waals surface area contributed by atoms with E-state index >= 15 is 0 Å². The van der Waals surface area contributed by atoms with Crippen molar-refractivity contribution in [2.24, 2.45) is 0 Å². The summed E-state index contributed by atoms with van der Waals surface area (Å²) >= 11 is 3.41. The van der Waals surface area contributed by atoms with Crippen LogP contribution in [-0.4, -0.2) is 21.8 Å². The van der Waals surface area contributed by atoms with Crippen molar-refractivity contribution >= 4 is 44.3 Å². The summed E-state index contributed by atoms with van der Waals surface area (Å²) in [7, 11) is 0. The van der Waals surface area contributed by atoms with E-state index in [1.807, 2.05) is 31.2 Å². The summed E-state index contributed by atoms with van der Waals surface area (Å²) in [5.74, 6) is -1.78. The van der Waals surface area contributed by atoms with Crippen LogP contribution in [0.25, 0.3) is 11.0 Å². The molecule has 2 aromatic carbocycles. The lowest BCUT2D eigenvalue weighted by Crippen LogP contribution is -2.32. The molecule has 3 heterocycles. The molecule has 1 atom stereocenters. The standard InChI is InChI=1S/C25H17BrN2O4/c1-14-6-2-3-8-18(14)28-22(17-7-4-5-11-27-17)21(24(30)25(28)31)23(29)20-13-15-12-16(26)9-10-19(15)32-20/h2-13,22,30H,1H3. The molecule has 0 fully saturated rings. The van der Waals surface area contributed by atoms with Crippen LogP contribution in [0.15, 0.2) is 93.1 Å². The number of amides is 1. The lowest BCUT2D eigenvalue weighted by molar-refractivity contribution is -0.117. The maximum Gasteiger partial charge on any atom is 0.294 e. The molecule has 158 valence electrons. The molecule has 0 spiro atoms. The number of rotatable bonds is 4. The molecule has 32 heavy (non-hydrogen) atoms. The predicted octanol–water partition coefficient (Wildman–Crippen LogP) is 5.68. The predicted molar refractivity (Wildman–Crippen MR) is 124 cm³/mol. The summed E-state index contributed by atoms with van der Waals surface area (Å²) in [4.78, 5) is 32.6. The van der Waals surface area contributed by atoms with E-state index < -0.39 is 23.5 Å². The number of aryl methyl sites for hydroxylation is 1. The molecule has 2 aromatic heterocycles. The Morgan fingerprint density at radius 1 is 1.09 bits per heavy atom. The average Bonchev–Trinajstić information content (AvgIpc) is 3.33. The van der Waals surface area contributed by atoms with Gasteiger partial charge in [0.05, 0.1) is 11.3 Å². The number of aromatic nitrogens is 1.